The van der Waals surface area contributed by atoms with Crippen molar-refractivity contribution in [2.24, 2.45) is 18.2 Å². The minimum atomic E-state index is 0.199. The normalized spacial score (nSPS) is 20.3. The Morgan fingerprint density at radius 3 is 2.60 bits per heavy atom. The van der Waals surface area contributed by atoms with E-state index >= 15 is 0 Å². The molecule has 84 valence electrons. The Kier molecular flexibility index (Phi) is 2.55. The highest BCUT2D eigenvalue weighted by molar-refractivity contribution is 6.31. The smallest absolute Gasteiger partial charge is 0.0847 e. The van der Waals surface area contributed by atoms with E-state index in [1.54, 1.807) is 0 Å². The molecule has 0 bridgehead atoms. The lowest BCUT2D eigenvalue weighted by Crippen LogP contribution is -2.32. The number of rotatable bonds is 3. The molecule has 2 N–H and O–H groups in total. The van der Waals surface area contributed by atoms with Gasteiger partial charge in [0.15, 0.2) is 0 Å². The van der Waals surface area contributed by atoms with E-state index in [9.17, 15) is 0 Å². The van der Waals surface area contributed by atoms with E-state index in [-0.39, 0.29) is 6.04 Å². The van der Waals surface area contributed by atoms with Gasteiger partial charge < -0.3 is 5.73 Å². The average Bonchev–Trinajstić information content (AvgIpc) is 2.87. The molecule has 1 aromatic heterocycles. The molecule has 1 aromatic rings. The molecule has 0 spiro atoms. The number of hydrogen-bond acceptors (Lipinski definition) is 2. The minimum Gasteiger partial charge on any atom is -0.327 e. The van der Waals surface area contributed by atoms with Gasteiger partial charge in [0, 0.05) is 19.5 Å². The molecule has 3 nitrogen and oxygen atoms in total. The van der Waals surface area contributed by atoms with Crippen LogP contribution in [0, 0.1) is 12.3 Å². The highest BCUT2D eigenvalue weighted by Crippen LogP contribution is 2.48. The zero-order valence-electron chi connectivity index (χ0n) is 9.55. The monoisotopic (exact) mass is 227 g/mol. The maximum Gasteiger partial charge on any atom is 0.0847 e. The number of aryl methyl sites for hydroxylation is 2. The lowest BCUT2D eigenvalue weighted by atomic mass is 9.95. The first-order chi connectivity index (χ1) is 6.94. The fraction of sp³-hybridized carbons (Fsp3) is 0.727. The second kappa shape index (κ2) is 3.49. The Balaban J connectivity index is 2.16. The quantitative estimate of drug-likeness (QED) is 0.859. The zero-order valence-corrected chi connectivity index (χ0v) is 10.3. The van der Waals surface area contributed by atoms with Crippen LogP contribution < -0.4 is 5.73 Å². The van der Waals surface area contributed by atoms with Crippen molar-refractivity contribution in [3.05, 3.63) is 16.4 Å². The van der Waals surface area contributed by atoms with Gasteiger partial charge in [0.25, 0.3) is 0 Å². The maximum atomic E-state index is 6.19. The van der Waals surface area contributed by atoms with E-state index in [2.05, 4.69) is 12.0 Å². The molecule has 0 aliphatic heterocycles. The van der Waals surface area contributed by atoms with Crippen LogP contribution in [-0.2, 0) is 13.5 Å². The molecule has 1 aliphatic rings. The molecule has 15 heavy (non-hydrogen) atoms. The average molecular weight is 228 g/mol. The van der Waals surface area contributed by atoms with Crippen LogP contribution in [0.1, 0.15) is 31.2 Å². The Morgan fingerprint density at radius 1 is 1.60 bits per heavy atom. The van der Waals surface area contributed by atoms with E-state index in [0.717, 1.165) is 22.8 Å². The predicted octanol–water partition coefficient (Wildman–Crippen LogP) is 2.05. The first kappa shape index (κ1) is 11.0. The van der Waals surface area contributed by atoms with E-state index in [1.807, 2.05) is 18.7 Å². The van der Waals surface area contributed by atoms with Crippen molar-refractivity contribution in [2.75, 3.05) is 0 Å². The highest BCUT2D eigenvalue weighted by Gasteiger charge is 2.43. The number of hydrogen-bond donors (Lipinski definition) is 1. The van der Waals surface area contributed by atoms with Gasteiger partial charge in [0.05, 0.1) is 16.4 Å². The Labute approximate surface area is 95.6 Å². The molecule has 0 amide bonds. The first-order valence-electron chi connectivity index (χ1n) is 5.37. The number of aromatic nitrogens is 2. The summed E-state index contributed by atoms with van der Waals surface area (Å²) in [5.74, 6) is 0. The van der Waals surface area contributed by atoms with Crippen LogP contribution in [0.25, 0.3) is 0 Å². The van der Waals surface area contributed by atoms with Gasteiger partial charge in [-0.3, -0.25) is 4.68 Å². The summed E-state index contributed by atoms with van der Waals surface area (Å²) in [7, 11) is 1.93. The Bertz CT molecular complexity index is 379. The van der Waals surface area contributed by atoms with Gasteiger partial charge in [-0.25, -0.2) is 0 Å². The molecule has 1 saturated carbocycles. The van der Waals surface area contributed by atoms with Crippen molar-refractivity contribution in [2.45, 2.75) is 39.2 Å². The summed E-state index contributed by atoms with van der Waals surface area (Å²) in [5, 5.41) is 5.07. The number of halogens is 1. The van der Waals surface area contributed by atoms with Gasteiger partial charge >= 0.3 is 0 Å². The molecule has 1 atom stereocenters. The summed E-state index contributed by atoms with van der Waals surface area (Å²) in [5.41, 5.74) is 8.48. The summed E-state index contributed by atoms with van der Waals surface area (Å²) in [6.45, 7) is 4.17. The third-order valence-corrected chi connectivity index (χ3v) is 4.10. The molecule has 1 aliphatic carbocycles. The van der Waals surface area contributed by atoms with Crippen molar-refractivity contribution in [1.82, 2.24) is 9.78 Å². The molecular weight excluding hydrogens is 210 g/mol. The van der Waals surface area contributed by atoms with Crippen LogP contribution >= 0.6 is 11.6 Å². The molecule has 4 heteroatoms. The van der Waals surface area contributed by atoms with Crippen LogP contribution in [-0.4, -0.2) is 15.8 Å². The summed E-state index contributed by atoms with van der Waals surface area (Å²) < 4.78 is 1.85. The van der Waals surface area contributed by atoms with Crippen LogP contribution in [0.3, 0.4) is 0 Å². The van der Waals surface area contributed by atoms with Crippen LogP contribution in [0.15, 0.2) is 0 Å². The van der Waals surface area contributed by atoms with Crippen molar-refractivity contribution in [1.29, 1.82) is 0 Å². The maximum absolute atomic E-state index is 6.19. The fourth-order valence-corrected chi connectivity index (χ4v) is 2.16. The van der Waals surface area contributed by atoms with Gasteiger partial charge in [-0.1, -0.05) is 18.5 Å². The molecule has 0 aromatic carbocycles. The van der Waals surface area contributed by atoms with Crippen molar-refractivity contribution in [3.63, 3.8) is 0 Å². The zero-order chi connectivity index (χ0) is 11.2. The number of nitrogens with two attached hydrogens (primary N) is 1. The van der Waals surface area contributed by atoms with E-state index in [1.165, 1.54) is 12.8 Å². The Morgan fingerprint density at radius 2 is 2.20 bits per heavy atom. The van der Waals surface area contributed by atoms with Gasteiger partial charge in [-0.2, -0.15) is 5.10 Å². The Hall–Kier alpha value is -0.540. The van der Waals surface area contributed by atoms with Gasteiger partial charge in [0.2, 0.25) is 0 Å². The highest BCUT2D eigenvalue weighted by atomic mass is 35.5. The van der Waals surface area contributed by atoms with Crippen LogP contribution in [0.4, 0.5) is 0 Å². The fourth-order valence-electron chi connectivity index (χ4n) is 1.92. The third-order valence-electron chi connectivity index (χ3n) is 3.61. The standard InChI is InChI=1S/C11H18ClN3/c1-7-10(12)8(15(3)14-7)6-9(13)11(2)4-5-11/h9H,4-6,13H2,1-3H3. The van der Waals surface area contributed by atoms with Crippen LogP contribution in [0.5, 0.6) is 0 Å². The minimum absolute atomic E-state index is 0.199. The van der Waals surface area contributed by atoms with E-state index < -0.39 is 0 Å². The van der Waals surface area contributed by atoms with Crippen LogP contribution in [0.2, 0.25) is 5.02 Å². The summed E-state index contributed by atoms with van der Waals surface area (Å²) in [6, 6.07) is 0.199. The first-order valence-corrected chi connectivity index (χ1v) is 5.75. The van der Waals surface area contributed by atoms with Gasteiger partial charge in [0.1, 0.15) is 0 Å². The lowest BCUT2D eigenvalue weighted by Gasteiger charge is -2.18. The van der Waals surface area contributed by atoms with Gasteiger partial charge in [-0.15, -0.1) is 0 Å². The molecule has 1 heterocycles. The molecule has 0 saturated heterocycles. The summed E-state index contributed by atoms with van der Waals surface area (Å²) in [4.78, 5) is 0. The summed E-state index contributed by atoms with van der Waals surface area (Å²) in [6.07, 6.45) is 3.30. The van der Waals surface area contributed by atoms with Crippen molar-refractivity contribution in [3.8, 4) is 0 Å². The third kappa shape index (κ3) is 1.91. The lowest BCUT2D eigenvalue weighted by molar-refractivity contribution is 0.424. The number of nitrogens with zero attached hydrogens (tertiary/aromatic N) is 2. The van der Waals surface area contributed by atoms with E-state index in [4.69, 9.17) is 17.3 Å². The largest absolute Gasteiger partial charge is 0.327 e. The molecule has 1 fully saturated rings. The topological polar surface area (TPSA) is 43.8 Å². The summed E-state index contributed by atoms with van der Waals surface area (Å²) >= 11 is 6.19. The second-order valence-electron chi connectivity index (χ2n) is 4.93. The van der Waals surface area contributed by atoms with Crippen molar-refractivity contribution >= 4 is 11.6 Å². The molecule has 0 radical (unpaired) electrons. The molecule has 1 unspecified atom stereocenters. The molecule has 2 rings (SSSR count). The van der Waals surface area contributed by atoms with Gasteiger partial charge in [-0.05, 0) is 25.2 Å². The SMILES string of the molecule is Cc1nn(C)c(CC(N)C2(C)CC2)c1Cl. The van der Waals surface area contributed by atoms with E-state index in [0.29, 0.717) is 5.41 Å². The predicted molar refractivity (Wildman–Crippen MR) is 62.0 cm³/mol. The second-order valence-corrected chi connectivity index (χ2v) is 5.31. The van der Waals surface area contributed by atoms with Crippen molar-refractivity contribution < 1.29 is 0 Å². The molecular formula is C11H18ClN3.